The summed E-state index contributed by atoms with van der Waals surface area (Å²) in [5.74, 6) is 0.493. The highest BCUT2D eigenvalue weighted by Gasteiger charge is 2.08. The van der Waals surface area contributed by atoms with Crippen LogP contribution in [0.3, 0.4) is 0 Å². The van der Waals surface area contributed by atoms with Gasteiger partial charge in [-0.05, 0) is 13.1 Å². The molecule has 0 bridgehead atoms. The molecule has 6 heteroatoms. The molecule has 0 aliphatic carbocycles. The third kappa shape index (κ3) is 3.94. The highest BCUT2D eigenvalue weighted by atomic mass is 35.5. The summed E-state index contributed by atoms with van der Waals surface area (Å²) < 4.78 is 0. The number of aromatic nitrogens is 2. The van der Waals surface area contributed by atoms with Crippen LogP contribution >= 0.6 is 11.6 Å². The van der Waals surface area contributed by atoms with Crippen molar-refractivity contribution < 1.29 is 4.79 Å². The molecule has 1 N–H and O–H groups in total. The van der Waals surface area contributed by atoms with Crippen LogP contribution in [0.1, 0.15) is 24.2 Å². The molecule has 0 aliphatic rings. The standard InChI is InChI=1S/C11H17ClN4O/c1-3-16(4-2)6-5-13-11-9(7-17)10(12)14-8-15-11/h7-8H,3-6H2,1-2H3,(H,13,14,15). The summed E-state index contributed by atoms with van der Waals surface area (Å²) in [6.07, 6.45) is 2.01. The monoisotopic (exact) mass is 256 g/mol. The fourth-order valence-electron chi connectivity index (χ4n) is 1.49. The van der Waals surface area contributed by atoms with E-state index in [0.29, 0.717) is 17.7 Å². The van der Waals surface area contributed by atoms with Crippen molar-refractivity contribution in [1.29, 1.82) is 0 Å². The van der Waals surface area contributed by atoms with Crippen molar-refractivity contribution in [2.24, 2.45) is 0 Å². The van der Waals surface area contributed by atoms with Gasteiger partial charge in [0.2, 0.25) is 0 Å². The van der Waals surface area contributed by atoms with Crippen molar-refractivity contribution >= 4 is 23.7 Å². The molecular formula is C11H17ClN4O. The van der Waals surface area contributed by atoms with Gasteiger partial charge in [0.05, 0.1) is 5.56 Å². The van der Waals surface area contributed by atoms with Gasteiger partial charge < -0.3 is 10.2 Å². The van der Waals surface area contributed by atoms with E-state index in [0.717, 1.165) is 26.2 Å². The average molecular weight is 257 g/mol. The van der Waals surface area contributed by atoms with Crippen LogP contribution in [0.5, 0.6) is 0 Å². The molecular weight excluding hydrogens is 240 g/mol. The average Bonchev–Trinajstić information content (AvgIpc) is 2.35. The molecule has 0 saturated heterocycles. The largest absolute Gasteiger partial charge is 0.368 e. The number of halogens is 1. The van der Waals surface area contributed by atoms with Gasteiger partial charge in [-0.3, -0.25) is 4.79 Å². The van der Waals surface area contributed by atoms with Crippen molar-refractivity contribution in [3.05, 3.63) is 17.0 Å². The van der Waals surface area contributed by atoms with E-state index in [9.17, 15) is 4.79 Å². The van der Waals surface area contributed by atoms with Gasteiger partial charge in [-0.1, -0.05) is 25.4 Å². The lowest BCUT2D eigenvalue weighted by Gasteiger charge is -2.18. The van der Waals surface area contributed by atoms with Gasteiger partial charge in [-0.2, -0.15) is 0 Å². The molecule has 0 fully saturated rings. The van der Waals surface area contributed by atoms with E-state index >= 15 is 0 Å². The zero-order valence-electron chi connectivity index (χ0n) is 10.1. The van der Waals surface area contributed by atoms with Crippen molar-refractivity contribution in [1.82, 2.24) is 14.9 Å². The molecule has 1 aromatic rings. The number of carbonyl (C=O) groups excluding carboxylic acids is 1. The lowest BCUT2D eigenvalue weighted by molar-refractivity contribution is 0.112. The van der Waals surface area contributed by atoms with Gasteiger partial charge in [0, 0.05) is 13.1 Å². The van der Waals surface area contributed by atoms with Crippen LogP contribution in [0, 0.1) is 0 Å². The first-order valence-electron chi connectivity index (χ1n) is 5.64. The Kier molecular flexibility index (Phi) is 5.86. The molecule has 0 aromatic carbocycles. The SMILES string of the molecule is CCN(CC)CCNc1ncnc(Cl)c1C=O. The summed E-state index contributed by atoms with van der Waals surface area (Å²) in [6.45, 7) is 7.85. The molecule has 1 rings (SSSR count). The second kappa shape index (κ2) is 7.19. The summed E-state index contributed by atoms with van der Waals surface area (Å²) >= 11 is 5.79. The molecule has 5 nitrogen and oxygen atoms in total. The van der Waals surface area contributed by atoms with Gasteiger partial charge in [-0.25, -0.2) is 9.97 Å². The molecule has 94 valence electrons. The van der Waals surface area contributed by atoms with Crippen LogP contribution in [0.15, 0.2) is 6.33 Å². The minimum Gasteiger partial charge on any atom is -0.368 e. The topological polar surface area (TPSA) is 58.1 Å². The third-order valence-electron chi connectivity index (χ3n) is 2.57. The first-order valence-corrected chi connectivity index (χ1v) is 6.02. The number of hydrogen-bond acceptors (Lipinski definition) is 5. The lowest BCUT2D eigenvalue weighted by Crippen LogP contribution is -2.29. The van der Waals surface area contributed by atoms with Crippen LogP contribution in [-0.4, -0.2) is 47.3 Å². The Bertz CT molecular complexity index is 368. The minimum atomic E-state index is 0.181. The highest BCUT2D eigenvalue weighted by molar-refractivity contribution is 6.32. The normalized spacial score (nSPS) is 10.6. The van der Waals surface area contributed by atoms with Gasteiger partial charge in [0.15, 0.2) is 6.29 Å². The maximum atomic E-state index is 10.8. The summed E-state index contributed by atoms with van der Waals surface area (Å²) in [4.78, 5) is 20.9. The first-order chi connectivity index (χ1) is 8.22. The summed E-state index contributed by atoms with van der Waals surface area (Å²) in [7, 11) is 0. The second-order valence-electron chi connectivity index (χ2n) is 3.50. The predicted octanol–water partition coefficient (Wildman–Crippen LogP) is 1.70. The quantitative estimate of drug-likeness (QED) is 0.594. The molecule has 0 atom stereocenters. The van der Waals surface area contributed by atoms with Gasteiger partial charge >= 0.3 is 0 Å². The minimum absolute atomic E-state index is 0.181. The zero-order valence-corrected chi connectivity index (χ0v) is 10.9. The molecule has 17 heavy (non-hydrogen) atoms. The van der Waals surface area contributed by atoms with Crippen LogP contribution in [0.4, 0.5) is 5.82 Å². The van der Waals surface area contributed by atoms with Crippen LogP contribution in [0.25, 0.3) is 0 Å². The van der Waals surface area contributed by atoms with Crippen molar-refractivity contribution in [3.63, 3.8) is 0 Å². The van der Waals surface area contributed by atoms with Crippen molar-refractivity contribution in [2.75, 3.05) is 31.5 Å². The maximum absolute atomic E-state index is 10.8. The zero-order chi connectivity index (χ0) is 12.7. The van der Waals surface area contributed by atoms with E-state index in [1.54, 1.807) is 0 Å². The van der Waals surface area contributed by atoms with Crippen LogP contribution in [-0.2, 0) is 0 Å². The molecule has 1 aromatic heterocycles. The van der Waals surface area contributed by atoms with E-state index < -0.39 is 0 Å². The van der Waals surface area contributed by atoms with Crippen LogP contribution in [0.2, 0.25) is 5.15 Å². The molecule has 1 heterocycles. The summed E-state index contributed by atoms with van der Waals surface area (Å²) in [6, 6.07) is 0. The van der Waals surface area contributed by atoms with E-state index in [1.807, 2.05) is 0 Å². The van der Waals surface area contributed by atoms with Gasteiger partial charge in [-0.15, -0.1) is 0 Å². The number of hydrogen-bond donors (Lipinski definition) is 1. The Morgan fingerprint density at radius 1 is 1.41 bits per heavy atom. The van der Waals surface area contributed by atoms with E-state index in [2.05, 4.69) is 34.0 Å². The molecule has 0 radical (unpaired) electrons. The predicted molar refractivity (Wildman–Crippen MR) is 68.7 cm³/mol. The third-order valence-corrected chi connectivity index (χ3v) is 2.87. The number of likely N-dealkylation sites (N-methyl/N-ethyl adjacent to an activating group) is 1. The Morgan fingerprint density at radius 3 is 2.71 bits per heavy atom. The molecule has 0 aliphatic heterocycles. The first kappa shape index (κ1) is 13.9. The molecule has 0 unspecified atom stereocenters. The fraction of sp³-hybridized carbons (Fsp3) is 0.545. The van der Waals surface area contributed by atoms with Crippen molar-refractivity contribution in [3.8, 4) is 0 Å². The Labute approximate surface area is 106 Å². The van der Waals surface area contributed by atoms with E-state index in [-0.39, 0.29) is 5.15 Å². The molecule has 0 saturated carbocycles. The summed E-state index contributed by atoms with van der Waals surface area (Å²) in [5, 5.41) is 3.28. The number of nitrogens with one attached hydrogen (secondary N) is 1. The number of nitrogens with zero attached hydrogens (tertiary/aromatic N) is 3. The number of aldehydes is 1. The Balaban J connectivity index is 2.57. The number of rotatable bonds is 7. The second-order valence-corrected chi connectivity index (χ2v) is 3.86. The highest BCUT2D eigenvalue weighted by Crippen LogP contribution is 2.16. The van der Waals surface area contributed by atoms with E-state index in [1.165, 1.54) is 6.33 Å². The van der Waals surface area contributed by atoms with Crippen molar-refractivity contribution in [2.45, 2.75) is 13.8 Å². The maximum Gasteiger partial charge on any atom is 0.156 e. The molecule has 0 spiro atoms. The smallest absolute Gasteiger partial charge is 0.156 e. The lowest BCUT2D eigenvalue weighted by atomic mass is 10.3. The van der Waals surface area contributed by atoms with Crippen LogP contribution < -0.4 is 5.32 Å². The van der Waals surface area contributed by atoms with Gasteiger partial charge in [0.25, 0.3) is 0 Å². The van der Waals surface area contributed by atoms with Gasteiger partial charge in [0.1, 0.15) is 17.3 Å². The number of anilines is 1. The molecule has 0 amide bonds. The fourth-order valence-corrected chi connectivity index (χ4v) is 1.67. The Hall–Kier alpha value is -1.20. The summed E-state index contributed by atoms with van der Waals surface area (Å²) in [5.41, 5.74) is 0.314. The number of carbonyl (C=O) groups is 1. The Morgan fingerprint density at radius 2 is 2.12 bits per heavy atom. The van der Waals surface area contributed by atoms with E-state index in [4.69, 9.17) is 11.6 Å².